The molecule has 0 amide bonds. The fourth-order valence-corrected chi connectivity index (χ4v) is 8.87. The lowest BCUT2D eigenvalue weighted by atomic mass is 9.95. The van der Waals surface area contributed by atoms with Gasteiger partial charge in [-0.25, -0.2) is 9.97 Å². The van der Waals surface area contributed by atoms with Crippen molar-refractivity contribution in [2.75, 3.05) is 32.9 Å². The van der Waals surface area contributed by atoms with E-state index in [4.69, 9.17) is 9.97 Å². The molecule has 6 nitrogen and oxygen atoms in total. The van der Waals surface area contributed by atoms with Gasteiger partial charge in [-0.15, -0.1) is 0 Å². The first-order chi connectivity index (χ1) is 29.8. The second-order valence-electron chi connectivity index (χ2n) is 15.1. The summed E-state index contributed by atoms with van der Waals surface area (Å²) in [5.74, 6) is 1.84. The van der Waals surface area contributed by atoms with E-state index in [0.717, 1.165) is 45.8 Å². The predicted molar refractivity (Wildman–Crippen MR) is 248 cm³/mol. The zero-order chi connectivity index (χ0) is 39.8. The molecule has 0 spiro atoms. The van der Waals surface area contributed by atoms with Crippen LogP contribution in [0.2, 0.25) is 0 Å². The monoisotopic (exact) mass is 772 g/mol. The van der Waals surface area contributed by atoms with Gasteiger partial charge in [0, 0.05) is 46.0 Å². The topological polar surface area (TPSA) is 38.7 Å². The largest absolute Gasteiger partial charge is 0.318 e. The van der Waals surface area contributed by atoms with Gasteiger partial charge in [-0.1, -0.05) is 164 Å². The summed E-state index contributed by atoms with van der Waals surface area (Å²) >= 11 is 0. The summed E-state index contributed by atoms with van der Waals surface area (Å²) in [6, 6.07) is 73.3. The number of fused-ring (bicyclic) bond motifs is 2. The molecule has 2 aromatic heterocycles. The minimum atomic E-state index is 0.589. The fraction of sp³-hybridized carbons (Fsp3) is 0.0370. The van der Waals surface area contributed by atoms with Crippen LogP contribution in [0.3, 0.4) is 0 Å². The quantitative estimate of drug-likeness (QED) is 0.153. The van der Waals surface area contributed by atoms with Gasteiger partial charge < -0.3 is 19.6 Å². The third-order valence-corrected chi connectivity index (χ3v) is 11.6. The highest BCUT2D eigenvalue weighted by Gasteiger charge is 2.35. The molecule has 0 bridgehead atoms. The minimum Gasteiger partial charge on any atom is -0.318 e. The van der Waals surface area contributed by atoms with E-state index in [1.54, 1.807) is 0 Å². The SMILES string of the molecule is c1ccc(-c2cccc(-c3ccccc3)c2N2CN(c3cccc(N4CN(c5c(-c6ccccc6)cccc5-c5ccccc5)c5cccnc54)c3)c3ncccc32)cc1. The van der Waals surface area contributed by atoms with Crippen molar-refractivity contribution in [1.82, 2.24) is 9.97 Å². The molecule has 0 unspecified atom stereocenters. The Labute approximate surface area is 350 Å². The summed E-state index contributed by atoms with van der Waals surface area (Å²) in [4.78, 5) is 19.6. The molecular formula is C54H40N6. The van der Waals surface area contributed by atoms with Gasteiger partial charge in [0.2, 0.25) is 0 Å². The van der Waals surface area contributed by atoms with E-state index in [2.05, 4.69) is 214 Å². The number of para-hydroxylation sites is 2. The van der Waals surface area contributed by atoms with Crippen LogP contribution >= 0.6 is 0 Å². The third kappa shape index (κ3) is 6.14. The number of rotatable bonds is 8. The Balaban J connectivity index is 1.01. The summed E-state index contributed by atoms with van der Waals surface area (Å²) < 4.78 is 0. The Hall–Kier alpha value is -7.96. The Bertz CT molecular complexity index is 2640. The van der Waals surface area contributed by atoms with E-state index >= 15 is 0 Å². The van der Waals surface area contributed by atoms with Crippen molar-refractivity contribution in [3.05, 3.63) is 219 Å². The zero-order valence-corrected chi connectivity index (χ0v) is 32.9. The maximum absolute atomic E-state index is 5.04. The van der Waals surface area contributed by atoms with Gasteiger partial charge >= 0.3 is 0 Å². The molecule has 60 heavy (non-hydrogen) atoms. The van der Waals surface area contributed by atoms with Crippen molar-refractivity contribution in [3.8, 4) is 44.5 Å². The lowest BCUT2D eigenvalue weighted by Crippen LogP contribution is -2.26. The second-order valence-corrected chi connectivity index (χ2v) is 15.1. The van der Waals surface area contributed by atoms with Crippen LogP contribution in [-0.4, -0.2) is 23.3 Å². The second kappa shape index (κ2) is 15.1. The molecule has 0 N–H and O–H groups in total. The lowest BCUT2D eigenvalue weighted by Gasteiger charge is -2.28. The highest BCUT2D eigenvalue weighted by molar-refractivity contribution is 6.00. The number of hydrogen-bond acceptors (Lipinski definition) is 6. The van der Waals surface area contributed by atoms with Crippen LogP contribution in [0.4, 0.5) is 45.8 Å². The highest BCUT2D eigenvalue weighted by Crippen LogP contribution is 2.52. The van der Waals surface area contributed by atoms with Crippen molar-refractivity contribution >= 4 is 45.8 Å². The van der Waals surface area contributed by atoms with E-state index in [0.29, 0.717) is 13.3 Å². The summed E-state index contributed by atoms with van der Waals surface area (Å²) in [6.07, 6.45) is 3.79. The Kier molecular flexibility index (Phi) is 8.86. The van der Waals surface area contributed by atoms with Crippen molar-refractivity contribution in [2.24, 2.45) is 0 Å². The van der Waals surface area contributed by atoms with Crippen LogP contribution in [0.25, 0.3) is 44.5 Å². The third-order valence-electron chi connectivity index (χ3n) is 11.6. The lowest BCUT2D eigenvalue weighted by molar-refractivity contribution is 0.969. The molecule has 0 saturated heterocycles. The normalized spacial score (nSPS) is 13.1. The summed E-state index contributed by atoms with van der Waals surface area (Å²) in [6.45, 7) is 1.18. The van der Waals surface area contributed by atoms with Crippen LogP contribution in [0.1, 0.15) is 0 Å². The molecule has 2 aliphatic heterocycles. The van der Waals surface area contributed by atoms with E-state index in [-0.39, 0.29) is 0 Å². The molecule has 2 aliphatic rings. The van der Waals surface area contributed by atoms with Gasteiger partial charge in [0.25, 0.3) is 0 Å². The smallest absolute Gasteiger partial charge is 0.158 e. The van der Waals surface area contributed by atoms with Crippen molar-refractivity contribution < 1.29 is 0 Å². The summed E-state index contributed by atoms with van der Waals surface area (Å²) in [7, 11) is 0. The first-order valence-corrected chi connectivity index (χ1v) is 20.4. The molecule has 0 aliphatic carbocycles. The molecule has 11 rings (SSSR count). The van der Waals surface area contributed by atoms with Gasteiger partial charge in [-0.05, 0) is 64.7 Å². The number of benzene rings is 7. The van der Waals surface area contributed by atoms with Gasteiger partial charge in [-0.3, -0.25) is 0 Å². The molecular weight excluding hydrogens is 733 g/mol. The first kappa shape index (κ1) is 35.2. The predicted octanol–water partition coefficient (Wildman–Crippen LogP) is 13.6. The average Bonchev–Trinajstić information content (AvgIpc) is 3.92. The van der Waals surface area contributed by atoms with Crippen LogP contribution in [0.5, 0.6) is 0 Å². The molecule has 0 saturated carbocycles. The van der Waals surface area contributed by atoms with Crippen molar-refractivity contribution in [2.45, 2.75) is 0 Å². The van der Waals surface area contributed by atoms with Gasteiger partial charge in [0.05, 0.1) is 22.7 Å². The van der Waals surface area contributed by atoms with E-state index in [1.807, 2.05) is 24.5 Å². The number of aromatic nitrogens is 2. The van der Waals surface area contributed by atoms with Crippen LogP contribution in [0.15, 0.2) is 219 Å². The molecule has 7 aromatic carbocycles. The van der Waals surface area contributed by atoms with Gasteiger partial charge in [0.15, 0.2) is 11.6 Å². The van der Waals surface area contributed by atoms with E-state index in [1.165, 1.54) is 44.5 Å². The summed E-state index contributed by atoms with van der Waals surface area (Å²) in [5.41, 5.74) is 15.9. The van der Waals surface area contributed by atoms with Crippen LogP contribution in [-0.2, 0) is 0 Å². The Morgan fingerprint density at radius 2 is 0.633 bits per heavy atom. The summed E-state index contributed by atoms with van der Waals surface area (Å²) in [5, 5.41) is 0. The minimum absolute atomic E-state index is 0.589. The fourth-order valence-electron chi connectivity index (χ4n) is 8.87. The highest BCUT2D eigenvalue weighted by atomic mass is 15.4. The van der Waals surface area contributed by atoms with E-state index in [9.17, 15) is 0 Å². The molecule has 9 aromatic rings. The van der Waals surface area contributed by atoms with Crippen molar-refractivity contribution in [1.29, 1.82) is 0 Å². The molecule has 6 heteroatoms. The molecule has 0 fully saturated rings. The van der Waals surface area contributed by atoms with E-state index < -0.39 is 0 Å². The standard InChI is InChI=1S/C54H40N6/c1-5-18-39(19-6-1)45-28-14-29-46(40-20-7-2-8-21-40)51(45)59-37-57(53-49(59)32-16-34-55-53)43-26-13-27-44(36-43)58-38-60(50-33-17-35-56-54(50)58)52-47(41-22-9-3-10-23-41)30-15-31-48(52)42-24-11-4-12-25-42/h1-36H,37-38H2. The maximum Gasteiger partial charge on any atom is 0.158 e. The molecule has 0 atom stereocenters. The molecule has 286 valence electrons. The first-order valence-electron chi connectivity index (χ1n) is 20.4. The number of anilines is 8. The zero-order valence-electron chi connectivity index (χ0n) is 32.9. The number of pyridine rings is 2. The van der Waals surface area contributed by atoms with Gasteiger partial charge in [-0.2, -0.15) is 0 Å². The van der Waals surface area contributed by atoms with Gasteiger partial charge in [0.1, 0.15) is 13.3 Å². The average molecular weight is 773 g/mol. The van der Waals surface area contributed by atoms with Crippen LogP contribution < -0.4 is 19.6 Å². The Morgan fingerprint density at radius 1 is 0.300 bits per heavy atom. The molecule has 0 radical (unpaired) electrons. The van der Waals surface area contributed by atoms with Crippen LogP contribution in [0, 0.1) is 0 Å². The molecule has 4 heterocycles. The maximum atomic E-state index is 5.04. The number of nitrogens with zero attached hydrogens (tertiary/aromatic N) is 6. The van der Waals surface area contributed by atoms with Crippen molar-refractivity contribution in [3.63, 3.8) is 0 Å². The number of hydrogen-bond donors (Lipinski definition) is 0. The Morgan fingerprint density at radius 3 is 0.983 bits per heavy atom.